The van der Waals surface area contributed by atoms with Crippen LogP contribution in [0.1, 0.15) is 62.8 Å². The molecule has 26 heteroatoms. The molecule has 0 radical (unpaired) electrons. The van der Waals surface area contributed by atoms with E-state index < -0.39 is 114 Å². The summed E-state index contributed by atoms with van der Waals surface area (Å²) < 4.78 is 0. The second-order valence-electron chi connectivity index (χ2n) is 17.7. The van der Waals surface area contributed by atoms with E-state index in [-0.39, 0.29) is 69.1 Å². The summed E-state index contributed by atoms with van der Waals surface area (Å²) in [6.45, 7) is 3.38. The molecule has 0 aliphatic carbocycles. The lowest BCUT2D eigenvalue weighted by molar-refractivity contribution is -0.145. The van der Waals surface area contributed by atoms with Crippen LogP contribution in [0.5, 0.6) is 5.75 Å². The Balaban J connectivity index is 1.54. The molecule has 396 valence electrons. The van der Waals surface area contributed by atoms with Crippen LogP contribution in [0.2, 0.25) is 0 Å². The Morgan fingerprint density at radius 2 is 1.37 bits per heavy atom. The van der Waals surface area contributed by atoms with Crippen LogP contribution in [0.3, 0.4) is 0 Å². The Kier molecular flexibility index (Phi) is 22.5. The number of nitrogens with two attached hydrogens (primary N) is 3. The first-order valence-electron chi connectivity index (χ1n) is 23.4. The van der Waals surface area contributed by atoms with Crippen molar-refractivity contribution in [3.63, 3.8) is 0 Å². The fourth-order valence-electron chi connectivity index (χ4n) is 7.84. The van der Waals surface area contributed by atoms with Crippen molar-refractivity contribution in [3.8, 4) is 5.75 Å². The molecule has 0 saturated carbocycles. The predicted octanol–water partition coefficient (Wildman–Crippen LogP) is -2.43. The molecule has 0 unspecified atom stereocenters. The molecule has 8 atom stereocenters. The third-order valence-electron chi connectivity index (χ3n) is 11.7. The number of amides is 7. The summed E-state index contributed by atoms with van der Waals surface area (Å²) in [5.41, 5.74) is 18.1. The van der Waals surface area contributed by atoms with Crippen LogP contribution in [-0.2, 0) is 62.4 Å². The van der Waals surface area contributed by atoms with E-state index >= 15 is 0 Å². The number of carbonyl (C=O) groups excluding carboxylic acids is 7. The number of phenols is 1. The number of nitrogens with zero attached hydrogens (tertiary/aromatic N) is 3. The van der Waals surface area contributed by atoms with Gasteiger partial charge in [-0.25, -0.2) is 9.78 Å². The van der Waals surface area contributed by atoms with Gasteiger partial charge < -0.3 is 74.3 Å². The Bertz CT molecular complexity index is 2410. The number of rotatable bonds is 28. The van der Waals surface area contributed by atoms with E-state index in [1.54, 1.807) is 44.2 Å². The first-order chi connectivity index (χ1) is 34.7. The number of H-pyrrole nitrogens is 1. The molecule has 1 aromatic heterocycles. The number of nitrogens with one attached hydrogen (secondary N) is 7. The maximum absolute atomic E-state index is 14.4. The molecule has 4 rings (SSSR count). The predicted molar refractivity (Wildman–Crippen MR) is 267 cm³/mol. The van der Waals surface area contributed by atoms with Gasteiger partial charge in [-0.1, -0.05) is 56.3 Å². The number of hydrogen-bond acceptors (Lipinski definition) is 14. The largest absolute Gasteiger partial charge is 0.508 e. The minimum Gasteiger partial charge on any atom is -0.508 e. The monoisotopic (exact) mass is 1040 g/mol. The molecule has 1 fully saturated rings. The number of carboxylic acids is 2. The second kappa shape index (κ2) is 28.3. The lowest BCUT2D eigenvalue weighted by atomic mass is 9.99. The molecule has 16 N–H and O–H groups in total. The zero-order chi connectivity index (χ0) is 53.8. The summed E-state index contributed by atoms with van der Waals surface area (Å²) in [5.74, 6) is -9.65. The summed E-state index contributed by atoms with van der Waals surface area (Å²) >= 11 is 4.33. The van der Waals surface area contributed by atoms with Crippen molar-refractivity contribution in [3.05, 3.63) is 83.9 Å². The molecule has 0 bridgehead atoms. The van der Waals surface area contributed by atoms with Crippen molar-refractivity contribution >= 4 is 71.9 Å². The average molecular weight is 1040 g/mol. The van der Waals surface area contributed by atoms with E-state index in [1.165, 1.54) is 41.7 Å². The van der Waals surface area contributed by atoms with E-state index in [1.807, 2.05) is 0 Å². The SMILES string of the molecule is CC(C)[C@H](NC(=O)[C@H](CCCN=C(N)N)NC(=O)[C@@H](N)CC(=O)O)C(=O)N[C@@H](Cc1ccc(O)cc1)C(=O)N[C@@H](CS)C(=O)N[C@@H](Cc1cnc[nH]1)C(=O)N1CCC[C@H]1C(=O)N[C@@H](Cc1ccccc1)C(=O)O. The van der Waals surface area contributed by atoms with Gasteiger partial charge in [-0.15, -0.1) is 0 Å². The van der Waals surface area contributed by atoms with Crippen LogP contribution in [0.4, 0.5) is 0 Å². The molecule has 0 spiro atoms. The highest BCUT2D eigenvalue weighted by molar-refractivity contribution is 7.80. The van der Waals surface area contributed by atoms with E-state index in [0.29, 0.717) is 23.2 Å². The first-order valence-corrected chi connectivity index (χ1v) is 24.1. The lowest BCUT2D eigenvalue weighted by Gasteiger charge is -2.30. The summed E-state index contributed by atoms with van der Waals surface area (Å²) in [6.07, 6.45) is 2.44. The maximum atomic E-state index is 14.4. The molecule has 1 aliphatic rings. The lowest BCUT2D eigenvalue weighted by Crippen LogP contribution is -2.61. The minimum absolute atomic E-state index is 0.00795. The number of benzene rings is 2. The average Bonchev–Trinajstić information content (AvgIpc) is 4.06. The van der Waals surface area contributed by atoms with Gasteiger partial charge in [0.05, 0.1) is 18.8 Å². The number of aromatic nitrogens is 2. The molecule has 25 nitrogen and oxygen atoms in total. The first kappa shape index (κ1) is 57.8. The second-order valence-corrected chi connectivity index (χ2v) is 18.1. The van der Waals surface area contributed by atoms with Crippen LogP contribution in [-0.4, -0.2) is 157 Å². The zero-order valence-corrected chi connectivity index (χ0v) is 41.3. The van der Waals surface area contributed by atoms with Gasteiger partial charge in [0.1, 0.15) is 48.0 Å². The Labute approximate surface area is 426 Å². The Hall–Kier alpha value is -7.74. The highest BCUT2D eigenvalue weighted by Gasteiger charge is 2.40. The van der Waals surface area contributed by atoms with Gasteiger partial charge in [0.2, 0.25) is 41.4 Å². The van der Waals surface area contributed by atoms with Gasteiger partial charge in [0.25, 0.3) is 0 Å². The fraction of sp³-hybridized carbons (Fsp3) is 0.468. The van der Waals surface area contributed by atoms with Crippen molar-refractivity contribution in [2.24, 2.45) is 28.1 Å². The maximum Gasteiger partial charge on any atom is 0.326 e. The molecule has 73 heavy (non-hydrogen) atoms. The molecule has 3 aromatic rings. The smallest absolute Gasteiger partial charge is 0.326 e. The topological polar surface area (TPSA) is 409 Å². The quantitative estimate of drug-likeness (QED) is 0.0156. The number of likely N-dealkylation sites (tertiary alicyclic amines) is 1. The number of aliphatic imine (C=N–C) groups is 1. The van der Waals surface area contributed by atoms with Crippen molar-refractivity contribution < 1.29 is 58.5 Å². The number of aromatic hydroxyl groups is 1. The number of aliphatic carboxylic acids is 2. The molecule has 1 aliphatic heterocycles. The minimum atomic E-state index is -1.51. The highest BCUT2D eigenvalue weighted by atomic mass is 32.1. The van der Waals surface area contributed by atoms with E-state index in [9.17, 15) is 53.4 Å². The van der Waals surface area contributed by atoms with Crippen molar-refractivity contribution in [2.75, 3.05) is 18.8 Å². The third-order valence-corrected chi connectivity index (χ3v) is 12.1. The van der Waals surface area contributed by atoms with E-state index in [4.69, 9.17) is 22.3 Å². The molecule has 2 heterocycles. The van der Waals surface area contributed by atoms with Gasteiger partial charge in [-0.05, 0) is 54.9 Å². The number of carbonyl (C=O) groups is 9. The van der Waals surface area contributed by atoms with Gasteiger partial charge in [-0.3, -0.25) is 43.3 Å². The number of imidazole rings is 1. The molecular weight excluding hydrogens is 971 g/mol. The molecule has 1 saturated heterocycles. The van der Waals surface area contributed by atoms with Crippen LogP contribution < -0.4 is 49.1 Å². The number of hydrogen-bond donors (Lipinski definition) is 14. The third kappa shape index (κ3) is 18.4. The fourth-order valence-corrected chi connectivity index (χ4v) is 8.09. The highest BCUT2D eigenvalue weighted by Crippen LogP contribution is 2.21. The Morgan fingerprint density at radius 3 is 1.97 bits per heavy atom. The number of phenolic OH excluding ortho intramolecular Hbond substituents is 1. The summed E-state index contributed by atoms with van der Waals surface area (Å²) in [5, 5.41) is 44.5. The van der Waals surface area contributed by atoms with Crippen molar-refractivity contribution in [1.82, 2.24) is 46.8 Å². The van der Waals surface area contributed by atoms with Gasteiger partial charge in [0.15, 0.2) is 5.96 Å². The number of carboxylic acid groups (broad SMARTS) is 2. The molecular formula is C47H65N13O12S. The molecule has 2 aromatic carbocycles. The summed E-state index contributed by atoms with van der Waals surface area (Å²) in [7, 11) is 0. The standard InChI is InChI=1S/C47H65N13O12S/c1-25(2)38(59-40(65)31(10-6-16-52-47(49)50)54-39(64)30(48)21-37(62)63)44(69)55-32(18-27-12-14-29(61)15-13-27)41(66)58-35(23-73)42(67)56-33(20-28-22-51-24-53-28)45(70)60-17-7-11-36(60)43(68)57-34(46(71)72)19-26-8-4-3-5-9-26/h3-5,8-9,12-15,22,24-25,30-36,38,61,73H,6-7,10-11,16-21,23,48H2,1-2H3,(H,51,53)(H,54,64)(H,55,69)(H,56,67)(H,57,68)(H,58,66)(H,59,65)(H,62,63)(H,71,72)(H4,49,50,52)/t30-,31-,32-,33-,34-,35-,36-,38-/m0/s1. The summed E-state index contributed by atoms with van der Waals surface area (Å²) in [4.78, 5) is 133. The van der Waals surface area contributed by atoms with Crippen LogP contribution >= 0.6 is 12.6 Å². The van der Waals surface area contributed by atoms with Crippen molar-refractivity contribution in [1.29, 1.82) is 0 Å². The van der Waals surface area contributed by atoms with E-state index in [2.05, 4.69) is 59.5 Å². The number of guanidine groups is 1. The van der Waals surface area contributed by atoms with Crippen molar-refractivity contribution in [2.45, 2.75) is 114 Å². The normalized spacial score (nSPS) is 16.0. The zero-order valence-electron chi connectivity index (χ0n) is 40.4. The van der Waals surface area contributed by atoms with Gasteiger partial charge >= 0.3 is 11.9 Å². The van der Waals surface area contributed by atoms with Crippen LogP contribution in [0, 0.1) is 5.92 Å². The van der Waals surface area contributed by atoms with E-state index in [0.717, 1.165) is 0 Å². The summed E-state index contributed by atoms with van der Waals surface area (Å²) in [6, 6.07) is 3.64. The van der Waals surface area contributed by atoms with Crippen LogP contribution in [0.15, 0.2) is 72.1 Å². The number of thiol groups is 1. The van der Waals surface area contributed by atoms with Crippen LogP contribution in [0.25, 0.3) is 0 Å². The Morgan fingerprint density at radius 1 is 0.767 bits per heavy atom. The van der Waals surface area contributed by atoms with Gasteiger partial charge in [-0.2, -0.15) is 12.6 Å². The number of aromatic amines is 1. The molecule has 7 amide bonds. The van der Waals surface area contributed by atoms with Gasteiger partial charge in [0, 0.05) is 50.0 Å².